The van der Waals surface area contributed by atoms with Gasteiger partial charge < -0.3 is 14.5 Å². The predicted molar refractivity (Wildman–Crippen MR) is 86.0 cm³/mol. The van der Waals surface area contributed by atoms with E-state index in [2.05, 4.69) is 17.4 Å². The summed E-state index contributed by atoms with van der Waals surface area (Å²) in [6.45, 7) is 4.80. The highest BCUT2D eigenvalue weighted by Crippen LogP contribution is 2.27. The molecule has 0 bridgehead atoms. The summed E-state index contributed by atoms with van der Waals surface area (Å²) in [6, 6.07) is 14.2. The number of hydrogen-bond acceptors (Lipinski definition) is 3. The molecule has 0 atom stereocenters. The number of aryl methyl sites for hydroxylation is 2. The summed E-state index contributed by atoms with van der Waals surface area (Å²) >= 11 is 0. The zero-order valence-electron chi connectivity index (χ0n) is 12.6. The zero-order chi connectivity index (χ0) is 14.8. The van der Waals surface area contributed by atoms with E-state index >= 15 is 0 Å². The molecule has 3 rings (SSSR count). The van der Waals surface area contributed by atoms with Crippen molar-refractivity contribution < 1.29 is 9.15 Å². The number of ether oxygens (including phenoxy) is 1. The molecular weight excluding hydrogens is 262 g/mol. The van der Waals surface area contributed by atoms with E-state index < -0.39 is 0 Å². The van der Waals surface area contributed by atoms with Crippen LogP contribution in [0.1, 0.15) is 16.9 Å². The second-order valence-electron chi connectivity index (χ2n) is 5.17. The SMILES string of the molecule is COc1ccc(NCc2c(C)oc3ccccc23)cc1C. The molecule has 0 fully saturated rings. The van der Waals surface area contributed by atoms with E-state index in [1.165, 1.54) is 10.9 Å². The first-order chi connectivity index (χ1) is 10.2. The maximum atomic E-state index is 5.79. The number of anilines is 1. The van der Waals surface area contributed by atoms with Crippen LogP contribution in [-0.2, 0) is 6.54 Å². The molecule has 108 valence electrons. The van der Waals surface area contributed by atoms with Crippen molar-refractivity contribution in [2.24, 2.45) is 0 Å². The Morgan fingerprint density at radius 1 is 1.10 bits per heavy atom. The van der Waals surface area contributed by atoms with Crippen LogP contribution in [0.5, 0.6) is 5.75 Å². The molecule has 1 aromatic heterocycles. The summed E-state index contributed by atoms with van der Waals surface area (Å²) in [5.41, 5.74) is 4.35. The number of fused-ring (bicyclic) bond motifs is 1. The molecule has 0 aliphatic carbocycles. The minimum Gasteiger partial charge on any atom is -0.496 e. The molecule has 0 spiro atoms. The quantitative estimate of drug-likeness (QED) is 0.754. The van der Waals surface area contributed by atoms with Gasteiger partial charge in [0, 0.05) is 23.2 Å². The van der Waals surface area contributed by atoms with E-state index in [4.69, 9.17) is 9.15 Å². The van der Waals surface area contributed by atoms with Crippen LogP contribution in [0.15, 0.2) is 46.9 Å². The molecule has 3 heteroatoms. The van der Waals surface area contributed by atoms with E-state index in [9.17, 15) is 0 Å². The largest absolute Gasteiger partial charge is 0.496 e. The lowest BCUT2D eigenvalue weighted by molar-refractivity contribution is 0.412. The molecule has 0 amide bonds. The van der Waals surface area contributed by atoms with Crippen molar-refractivity contribution in [2.75, 3.05) is 12.4 Å². The summed E-state index contributed by atoms with van der Waals surface area (Å²) in [5, 5.41) is 4.63. The van der Waals surface area contributed by atoms with E-state index in [0.717, 1.165) is 34.9 Å². The van der Waals surface area contributed by atoms with Crippen molar-refractivity contribution in [2.45, 2.75) is 20.4 Å². The number of hydrogen-bond donors (Lipinski definition) is 1. The van der Waals surface area contributed by atoms with Crippen molar-refractivity contribution in [3.05, 3.63) is 59.4 Å². The van der Waals surface area contributed by atoms with Crippen molar-refractivity contribution in [3.8, 4) is 5.75 Å². The molecule has 21 heavy (non-hydrogen) atoms. The van der Waals surface area contributed by atoms with Crippen LogP contribution in [0, 0.1) is 13.8 Å². The van der Waals surface area contributed by atoms with Gasteiger partial charge in [-0.3, -0.25) is 0 Å². The summed E-state index contributed by atoms with van der Waals surface area (Å²) in [6.07, 6.45) is 0. The molecule has 1 N–H and O–H groups in total. The highest BCUT2D eigenvalue weighted by Gasteiger charge is 2.10. The van der Waals surface area contributed by atoms with E-state index in [1.54, 1.807) is 7.11 Å². The third-order valence-corrected chi connectivity index (χ3v) is 3.76. The van der Waals surface area contributed by atoms with Gasteiger partial charge in [0.15, 0.2) is 0 Å². The lowest BCUT2D eigenvalue weighted by Crippen LogP contribution is -2.00. The Morgan fingerprint density at radius 2 is 1.90 bits per heavy atom. The average molecular weight is 281 g/mol. The lowest BCUT2D eigenvalue weighted by Gasteiger charge is -2.09. The van der Waals surface area contributed by atoms with Crippen LogP contribution in [0.25, 0.3) is 11.0 Å². The van der Waals surface area contributed by atoms with E-state index in [1.807, 2.05) is 44.2 Å². The zero-order valence-corrected chi connectivity index (χ0v) is 12.6. The number of rotatable bonds is 4. The Hall–Kier alpha value is -2.42. The van der Waals surface area contributed by atoms with Crippen molar-refractivity contribution in [1.29, 1.82) is 0 Å². The van der Waals surface area contributed by atoms with Crippen LogP contribution in [0.4, 0.5) is 5.69 Å². The fourth-order valence-electron chi connectivity index (χ4n) is 2.62. The summed E-state index contributed by atoms with van der Waals surface area (Å²) in [4.78, 5) is 0. The summed E-state index contributed by atoms with van der Waals surface area (Å²) in [5.74, 6) is 1.87. The summed E-state index contributed by atoms with van der Waals surface area (Å²) in [7, 11) is 1.69. The van der Waals surface area contributed by atoms with Gasteiger partial charge in [-0.15, -0.1) is 0 Å². The number of furan rings is 1. The van der Waals surface area contributed by atoms with Gasteiger partial charge in [0.2, 0.25) is 0 Å². The normalized spacial score (nSPS) is 10.8. The maximum absolute atomic E-state index is 5.79. The van der Waals surface area contributed by atoms with Crippen LogP contribution < -0.4 is 10.1 Å². The first kappa shape index (κ1) is 13.6. The van der Waals surface area contributed by atoms with Gasteiger partial charge in [-0.25, -0.2) is 0 Å². The monoisotopic (exact) mass is 281 g/mol. The Morgan fingerprint density at radius 3 is 2.67 bits per heavy atom. The molecule has 0 unspecified atom stereocenters. The Bertz CT molecular complexity index is 774. The van der Waals surface area contributed by atoms with Crippen molar-refractivity contribution in [1.82, 2.24) is 0 Å². The fraction of sp³-hybridized carbons (Fsp3) is 0.222. The molecule has 0 saturated heterocycles. The average Bonchev–Trinajstić information content (AvgIpc) is 2.81. The van der Waals surface area contributed by atoms with Crippen molar-refractivity contribution in [3.63, 3.8) is 0 Å². The van der Waals surface area contributed by atoms with Gasteiger partial charge in [0.05, 0.1) is 7.11 Å². The number of methoxy groups -OCH3 is 1. The van der Waals surface area contributed by atoms with Gasteiger partial charge in [0.25, 0.3) is 0 Å². The van der Waals surface area contributed by atoms with Crippen LogP contribution in [0.2, 0.25) is 0 Å². The third-order valence-electron chi connectivity index (χ3n) is 3.76. The Kier molecular flexibility index (Phi) is 3.57. The van der Waals surface area contributed by atoms with Crippen LogP contribution in [-0.4, -0.2) is 7.11 Å². The molecule has 0 aliphatic rings. The van der Waals surface area contributed by atoms with Crippen LogP contribution >= 0.6 is 0 Å². The highest BCUT2D eigenvalue weighted by atomic mass is 16.5. The van der Waals surface area contributed by atoms with Gasteiger partial charge in [-0.2, -0.15) is 0 Å². The van der Waals surface area contributed by atoms with Gasteiger partial charge in [-0.05, 0) is 43.7 Å². The first-order valence-electron chi connectivity index (χ1n) is 7.04. The molecule has 0 saturated carbocycles. The predicted octanol–water partition coefficient (Wildman–Crippen LogP) is 4.67. The second kappa shape index (κ2) is 5.52. The molecular formula is C18H19NO2. The Labute approximate surface area is 124 Å². The molecule has 1 heterocycles. The summed E-state index contributed by atoms with van der Waals surface area (Å²) < 4.78 is 11.1. The molecule has 3 aromatic rings. The fourth-order valence-corrected chi connectivity index (χ4v) is 2.62. The minimum absolute atomic E-state index is 0.745. The van der Waals surface area contributed by atoms with Crippen LogP contribution in [0.3, 0.4) is 0 Å². The number of benzene rings is 2. The smallest absolute Gasteiger partial charge is 0.134 e. The first-order valence-corrected chi connectivity index (χ1v) is 7.04. The van der Waals surface area contributed by atoms with Gasteiger partial charge in [-0.1, -0.05) is 18.2 Å². The van der Waals surface area contributed by atoms with Gasteiger partial charge >= 0.3 is 0 Å². The maximum Gasteiger partial charge on any atom is 0.134 e. The molecule has 3 nitrogen and oxygen atoms in total. The highest BCUT2D eigenvalue weighted by molar-refractivity contribution is 5.82. The minimum atomic E-state index is 0.745. The van der Waals surface area contributed by atoms with Crippen molar-refractivity contribution >= 4 is 16.7 Å². The lowest BCUT2D eigenvalue weighted by atomic mass is 10.1. The van der Waals surface area contributed by atoms with Gasteiger partial charge in [0.1, 0.15) is 17.1 Å². The molecule has 2 aromatic carbocycles. The number of para-hydroxylation sites is 1. The second-order valence-corrected chi connectivity index (χ2v) is 5.17. The van der Waals surface area contributed by atoms with E-state index in [-0.39, 0.29) is 0 Å². The standard InChI is InChI=1S/C18H19NO2/c1-12-10-14(8-9-17(12)20-3)19-11-16-13(2)21-18-7-5-4-6-15(16)18/h4-10,19H,11H2,1-3H3. The molecule has 0 radical (unpaired) electrons. The molecule has 0 aliphatic heterocycles. The van der Waals surface area contributed by atoms with E-state index in [0.29, 0.717) is 0 Å². The number of nitrogens with one attached hydrogen (secondary N) is 1. The third kappa shape index (κ3) is 2.59. The Balaban J connectivity index is 1.83. The topological polar surface area (TPSA) is 34.4 Å².